The highest BCUT2D eigenvalue weighted by molar-refractivity contribution is 9.08. The maximum atomic E-state index is 13.3. The van der Waals surface area contributed by atoms with Crippen LogP contribution in [0.15, 0.2) is 12.1 Å². The Kier molecular flexibility index (Phi) is 4.20. The Hall–Kier alpha value is -0.970. The molecule has 0 spiro atoms. The van der Waals surface area contributed by atoms with Crippen LogP contribution in [-0.2, 0) is 16.5 Å². The van der Waals surface area contributed by atoms with Gasteiger partial charge in [-0.1, -0.05) is 15.9 Å². The van der Waals surface area contributed by atoms with E-state index in [1.54, 1.807) is 0 Å². The quantitative estimate of drug-likeness (QED) is 0.860. The second kappa shape index (κ2) is 5.21. The van der Waals surface area contributed by atoms with Crippen molar-refractivity contribution in [3.63, 3.8) is 0 Å². The van der Waals surface area contributed by atoms with Crippen molar-refractivity contribution in [2.45, 2.75) is 18.2 Å². The highest BCUT2D eigenvalue weighted by atomic mass is 79.9. The van der Waals surface area contributed by atoms with E-state index < -0.39 is 17.6 Å². The molecule has 0 atom stereocenters. The van der Waals surface area contributed by atoms with Crippen molar-refractivity contribution in [1.82, 2.24) is 0 Å². The summed E-state index contributed by atoms with van der Waals surface area (Å²) in [4.78, 5) is 10.3. The second-order valence-corrected chi connectivity index (χ2v) is 3.63. The molecule has 1 aromatic carbocycles. The summed E-state index contributed by atoms with van der Waals surface area (Å²) >= 11 is 3.09. The van der Waals surface area contributed by atoms with Crippen LogP contribution in [0.5, 0.6) is 0 Å². The molecule has 5 heteroatoms. The predicted molar refractivity (Wildman–Crippen MR) is 54.9 cm³/mol. The lowest BCUT2D eigenvalue weighted by molar-refractivity contribution is -0.136. The maximum absolute atomic E-state index is 13.3. The number of benzene rings is 1. The molecule has 0 aliphatic carbocycles. The standard InChI is InChI=1S/C10H9BrF2O2/c11-5-6-3-8(12)7(9(13)4-6)1-2-10(14)15/h3-4H,1-2,5H2,(H,14,15). The number of halogens is 3. The number of hydrogen-bond acceptors (Lipinski definition) is 1. The van der Waals surface area contributed by atoms with Crippen LogP contribution >= 0.6 is 15.9 Å². The lowest BCUT2D eigenvalue weighted by atomic mass is 10.1. The van der Waals surface area contributed by atoms with Crippen molar-refractivity contribution in [1.29, 1.82) is 0 Å². The number of carboxylic acid groups (broad SMARTS) is 1. The molecule has 0 aromatic heterocycles. The van der Waals surface area contributed by atoms with Crippen molar-refractivity contribution < 1.29 is 18.7 Å². The molecular weight excluding hydrogens is 270 g/mol. The van der Waals surface area contributed by atoms with Crippen LogP contribution in [0.25, 0.3) is 0 Å². The summed E-state index contributed by atoms with van der Waals surface area (Å²) in [5, 5.41) is 8.77. The largest absolute Gasteiger partial charge is 0.481 e. The molecule has 0 saturated carbocycles. The van der Waals surface area contributed by atoms with E-state index in [1.165, 1.54) is 12.1 Å². The molecule has 0 radical (unpaired) electrons. The minimum absolute atomic E-state index is 0.129. The van der Waals surface area contributed by atoms with E-state index in [-0.39, 0.29) is 18.4 Å². The smallest absolute Gasteiger partial charge is 0.303 e. The third kappa shape index (κ3) is 3.27. The fourth-order valence-corrected chi connectivity index (χ4v) is 1.53. The zero-order valence-corrected chi connectivity index (χ0v) is 9.35. The number of hydrogen-bond donors (Lipinski definition) is 1. The van der Waals surface area contributed by atoms with Gasteiger partial charge in [0.2, 0.25) is 0 Å². The van der Waals surface area contributed by atoms with Gasteiger partial charge in [0.25, 0.3) is 0 Å². The topological polar surface area (TPSA) is 37.3 Å². The van der Waals surface area contributed by atoms with Crippen LogP contribution in [0.4, 0.5) is 8.78 Å². The summed E-state index contributed by atoms with van der Waals surface area (Å²) in [6.45, 7) is 0. The molecule has 0 fully saturated rings. The van der Waals surface area contributed by atoms with Gasteiger partial charge in [0.1, 0.15) is 11.6 Å². The minimum atomic E-state index is -1.07. The van der Waals surface area contributed by atoms with Crippen LogP contribution in [0.1, 0.15) is 17.5 Å². The number of rotatable bonds is 4. The van der Waals surface area contributed by atoms with Gasteiger partial charge in [-0.05, 0) is 24.1 Å². The first-order valence-electron chi connectivity index (χ1n) is 4.29. The average molecular weight is 279 g/mol. The van der Waals surface area contributed by atoms with Gasteiger partial charge in [0, 0.05) is 17.3 Å². The Morgan fingerprint density at radius 1 is 1.33 bits per heavy atom. The van der Waals surface area contributed by atoms with Crippen LogP contribution in [0, 0.1) is 11.6 Å². The predicted octanol–water partition coefficient (Wildman–Crippen LogP) is 2.88. The molecule has 1 N–H and O–H groups in total. The first-order valence-corrected chi connectivity index (χ1v) is 5.41. The Morgan fingerprint density at radius 2 is 1.87 bits per heavy atom. The Morgan fingerprint density at radius 3 is 2.27 bits per heavy atom. The number of aliphatic carboxylic acids is 1. The van der Waals surface area contributed by atoms with Crippen LogP contribution in [0.3, 0.4) is 0 Å². The number of carbonyl (C=O) groups is 1. The Balaban J connectivity index is 2.92. The molecule has 82 valence electrons. The molecule has 0 unspecified atom stereocenters. The van der Waals surface area contributed by atoms with Gasteiger partial charge in [0.15, 0.2) is 0 Å². The van der Waals surface area contributed by atoms with E-state index >= 15 is 0 Å². The van der Waals surface area contributed by atoms with Gasteiger partial charge >= 0.3 is 5.97 Å². The first kappa shape index (κ1) is 12.1. The monoisotopic (exact) mass is 278 g/mol. The van der Waals surface area contributed by atoms with Crippen LogP contribution in [-0.4, -0.2) is 11.1 Å². The lowest BCUT2D eigenvalue weighted by Crippen LogP contribution is -2.02. The molecule has 2 nitrogen and oxygen atoms in total. The van der Waals surface area contributed by atoms with Crippen molar-refractivity contribution in [3.05, 3.63) is 34.9 Å². The van der Waals surface area contributed by atoms with E-state index in [9.17, 15) is 13.6 Å². The zero-order valence-electron chi connectivity index (χ0n) is 7.77. The van der Waals surface area contributed by atoms with Crippen molar-refractivity contribution in [2.24, 2.45) is 0 Å². The molecule has 0 amide bonds. The highest BCUT2D eigenvalue weighted by Gasteiger charge is 2.12. The van der Waals surface area contributed by atoms with Gasteiger partial charge < -0.3 is 5.11 Å². The SMILES string of the molecule is O=C(O)CCc1c(F)cc(CBr)cc1F. The molecule has 0 saturated heterocycles. The fourth-order valence-electron chi connectivity index (χ4n) is 1.20. The van der Waals surface area contributed by atoms with Gasteiger partial charge in [-0.25, -0.2) is 8.78 Å². The number of alkyl halides is 1. The fraction of sp³-hybridized carbons (Fsp3) is 0.300. The third-order valence-electron chi connectivity index (χ3n) is 1.94. The summed E-state index contributed by atoms with van der Waals surface area (Å²) in [6.07, 6.45) is -0.406. The van der Waals surface area contributed by atoms with E-state index in [0.717, 1.165) is 0 Å². The molecule has 15 heavy (non-hydrogen) atoms. The summed E-state index contributed by atoms with van der Waals surface area (Å²) in [6, 6.07) is 2.41. The minimum Gasteiger partial charge on any atom is -0.481 e. The molecule has 0 aliphatic heterocycles. The van der Waals surface area contributed by atoms with Gasteiger partial charge in [0.05, 0.1) is 0 Å². The second-order valence-electron chi connectivity index (χ2n) is 3.07. The van der Waals surface area contributed by atoms with E-state index in [0.29, 0.717) is 10.9 Å². The summed E-state index contributed by atoms with van der Waals surface area (Å²) in [5.74, 6) is -2.45. The van der Waals surface area contributed by atoms with Gasteiger partial charge in [-0.2, -0.15) is 0 Å². The third-order valence-corrected chi connectivity index (χ3v) is 2.59. The normalized spacial score (nSPS) is 10.3. The maximum Gasteiger partial charge on any atom is 0.303 e. The van der Waals surface area contributed by atoms with Crippen molar-refractivity contribution in [2.75, 3.05) is 0 Å². The molecule has 0 bridgehead atoms. The van der Waals surface area contributed by atoms with Crippen molar-refractivity contribution in [3.8, 4) is 0 Å². The molecule has 0 aliphatic rings. The molecule has 1 aromatic rings. The van der Waals surface area contributed by atoms with Crippen molar-refractivity contribution >= 4 is 21.9 Å². The van der Waals surface area contributed by atoms with Gasteiger partial charge in [-0.3, -0.25) is 4.79 Å². The molecule has 0 heterocycles. The summed E-state index contributed by atoms with van der Waals surface area (Å²) in [7, 11) is 0. The van der Waals surface area contributed by atoms with Crippen LogP contribution < -0.4 is 0 Å². The summed E-state index contributed by atoms with van der Waals surface area (Å²) in [5.41, 5.74) is 0.325. The van der Waals surface area contributed by atoms with E-state index in [2.05, 4.69) is 15.9 Å². The van der Waals surface area contributed by atoms with Gasteiger partial charge in [-0.15, -0.1) is 0 Å². The van der Waals surface area contributed by atoms with E-state index in [1.807, 2.05) is 0 Å². The first-order chi connectivity index (χ1) is 7.04. The summed E-state index contributed by atoms with van der Waals surface area (Å²) < 4.78 is 26.6. The highest BCUT2D eigenvalue weighted by Crippen LogP contribution is 2.18. The van der Waals surface area contributed by atoms with E-state index in [4.69, 9.17) is 5.11 Å². The molecular formula is C10H9BrF2O2. The zero-order chi connectivity index (χ0) is 11.4. The molecule has 1 rings (SSSR count). The Labute approximate surface area is 94.0 Å². The number of carboxylic acids is 1. The lowest BCUT2D eigenvalue weighted by Gasteiger charge is -2.05. The van der Waals surface area contributed by atoms with Crippen LogP contribution in [0.2, 0.25) is 0 Å². The Bertz CT molecular complexity index is 357. The average Bonchev–Trinajstić information content (AvgIpc) is 2.15.